The Balaban J connectivity index is 2.04. The van der Waals surface area contributed by atoms with Gasteiger partial charge in [-0.2, -0.15) is 0 Å². The molecule has 0 unspecified atom stereocenters. The van der Waals surface area contributed by atoms with E-state index in [2.05, 4.69) is 12.1 Å². The van der Waals surface area contributed by atoms with Crippen molar-refractivity contribution in [2.45, 2.75) is 31.6 Å². The molecule has 0 heterocycles. The summed E-state index contributed by atoms with van der Waals surface area (Å²) in [5.74, 6) is 0.546. The van der Waals surface area contributed by atoms with E-state index in [0.717, 1.165) is 12.8 Å². The monoisotopic (exact) mass is 214 g/mol. The highest BCUT2D eigenvalue weighted by Crippen LogP contribution is 2.42. The third-order valence-electron chi connectivity index (χ3n) is 3.90. The van der Waals surface area contributed by atoms with Crippen molar-refractivity contribution in [1.82, 2.24) is 0 Å². The second-order valence-electron chi connectivity index (χ2n) is 4.84. The van der Waals surface area contributed by atoms with Gasteiger partial charge in [0.1, 0.15) is 11.6 Å². The second kappa shape index (κ2) is 3.55. The molecular weight excluding hydrogens is 200 g/mol. The maximum atomic E-state index is 11.8. The fourth-order valence-electron chi connectivity index (χ4n) is 3.13. The zero-order chi connectivity index (χ0) is 11.1. The number of rotatable bonds is 0. The average Bonchev–Trinajstić information content (AvgIpc) is 2.28. The Hall–Kier alpha value is -1.44. The van der Waals surface area contributed by atoms with E-state index < -0.39 is 0 Å². The predicted octanol–water partition coefficient (Wildman–Crippen LogP) is 2.26. The molecule has 1 aromatic carbocycles. The van der Waals surface area contributed by atoms with E-state index in [-0.39, 0.29) is 29.8 Å². The van der Waals surface area contributed by atoms with Crippen LogP contribution in [-0.4, -0.2) is 11.6 Å². The van der Waals surface area contributed by atoms with Gasteiger partial charge in [-0.05, 0) is 24.0 Å². The van der Waals surface area contributed by atoms with Gasteiger partial charge in [0, 0.05) is 18.3 Å². The van der Waals surface area contributed by atoms with Gasteiger partial charge in [-0.15, -0.1) is 0 Å². The molecule has 1 fully saturated rings. The van der Waals surface area contributed by atoms with Gasteiger partial charge in [0.15, 0.2) is 0 Å². The van der Waals surface area contributed by atoms with Crippen molar-refractivity contribution < 1.29 is 9.59 Å². The minimum atomic E-state index is 0.104. The fraction of sp³-hybridized carbons (Fsp3) is 0.429. The van der Waals surface area contributed by atoms with Crippen molar-refractivity contribution in [3.05, 3.63) is 35.4 Å². The molecule has 3 rings (SSSR count). The van der Waals surface area contributed by atoms with Gasteiger partial charge in [0.05, 0.1) is 6.42 Å². The van der Waals surface area contributed by atoms with E-state index in [4.69, 9.17) is 0 Å². The van der Waals surface area contributed by atoms with Crippen LogP contribution in [0.4, 0.5) is 0 Å². The van der Waals surface area contributed by atoms with E-state index in [1.807, 2.05) is 12.1 Å². The van der Waals surface area contributed by atoms with Gasteiger partial charge >= 0.3 is 0 Å². The number of benzene rings is 1. The number of hydrogen-bond acceptors (Lipinski definition) is 2. The Kier molecular flexibility index (Phi) is 2.16. The lowest BCUT2D eigenvalue weighted by Crippen LogP contribution is -2.35. The first-order valence-electron chi connectivity index (χ1n) is 5.88. The molecule has 2 heteroatoms. The Morgan fingerprint density at radius 1 is 1.06 bits per heavy atom. The summed E-state index contributed by atoms with van der Waals surface area (Å²) in [6.45, 7) is 0. The minimum Gasteiger partial charge on any atom is -0.299 e. The number of Topliss-reactive ketones (excluding diaryl/α,β-unsaturated/α-hetero) is 2. The van der Waals surface area contributed by atoms with Gasteiger partial charge in [-0.1, -0.05) is 24.3 Å². The number of fused-ring (bicyclic) bond motifs is 3. The molecule has 82 valence electrons. The molecule has 2 nitrogen and oxygen atoms in total. The number of carbonyl (C=O) groups excluding carboxylic acids is 2. The predicted molar refractivity (Wildman–Crippen MR) is 60.2 cm³/mol. The summed E-state index contributed by atoms with van der Waals surface area (Å²) in [5.41, 5.74) is 2.56. The second-order valence-corrected chi connectivity index (χ2v) is 4.84. The van der Waals surface area contributed by atoms with Crippen molar-refractivity contribution >= 4 is 11.6 Å². The summed E-state index contributed by atoms with van der Waals surface area (Å²) in [4.78, 5) is 23.3. The summed E-state index contributed by atoms with van der Waals surface area (Å²) in [6.07, 6.45) is 2.64. The molecule has 1 aromatic rings. The zero-order valence-electron chi connectivity index (χ0n) is 9.11. The number of ketones is 2. The lowest BCUT2D eigenvalue weighted by atomic mass is 9.67. The molecule has 2 aliphatic rings. The molecule has 2 atom stereocenters. The van der Waals surface area contributed by atoms with Crippen LogP contribution in [0.1, 0.15) is 36.3 Å². The highest BCUT2D eigenvalue weighted by atomic mass is 16.1. The quantitative estimate of drug-likeness (QED) is 0.621. The van der Waals surface area contributed by atoms with E-state index in [9.17, 15) is 9.59 Å². The fourth-order valence-corrected chi connectivity index (χ4v) is 3.13. The summed E-state index contributed by atoms with van der Waals surface area (Å²) in [5, 5.41) is 0. The first kappa shape index (κ1) is 9.76. The van der Waals surface area contributed by atoms with Crippen molar-refractivity contribution in [2.24, 2.45) is 5.92 Å². The molecular formula is C14H14O2. The SMILES string of the molecule is O=C1CC(=O)[C@H]2CCc3ccccc3[C@@H]2C1. The smallest absolute Gasteiger partial charge is 0.143 e. The van der Waals surface area contributed by atoms with Crippen molar-refractivity contribution in [2.75, 3.05) is 0 Å². The average molecular weight is 214 g/mol. The van der Waals surface area contributed by atoms with Gasteiger partial charge < -0.3 is 0 Å². The molecule has 0 aliphatic heterocycles. The number of hydrogen-bond donors (Lipinski definition) is 0. The summed E-state index contributed by atoms with van der Waals surface area (Å²) < 4.78 is 0. The highest BCUT2D eigenvalue weighted by Gasteiger charge is 2.39. The molecule has 0 radical (unpaired) electrons. The molecule has 1 saturated carbocycles. The number of aryl methyl sites for hydroxylation is 1. The Labute approximate surface area is 94.7 Å². The molecule has 0 bridgehead atoms. The van der Waals surface area contributed by atoms with Gasteiger partial charge in [0.2, 0.25) is 0 Å². The third kappa shape index (κ3) is 1.41. The highest BCUT2D eigenvalue weighted by molar-refractivity contribution is 6.03. The van der Waals surface area contributed by atoms with E-state index in [0.29, 0.717) is 6.42 Å². The maximum Gasteiger partial charge on any atom is 0.143 e. The molecule has 0 N–H and O–H groups in total. The Bertz CT molecular complexity index is 462. The maximum absolute atomic E-state index is 11.8. The van der Waals surface area contributed by atoms with Crippen LogP contribution >= 0.6 is 0 Å². The molecule has 0 saturated heterocycles. The first-order chi connectivity index (χ1) is 7.75. The van der Waals surface area contributed by atoms with Crippen LogP contribution in [0, 0.1) is 5.92 Å². The molecule has 2 aliphatic carbocycles. The van der Waals surface area contributed by atoms with Crippen LogP contribution in [0.5, 0.6) is 0 Å². The van der Waals surface area contributed by atoms with Gasteiger partial charge in [-0.25, -0.2) is 0 Å². The van der Waals surface area contributed by atoms with Crippen LogP contribution in [0.2, 0.25) is 0 Å². The zero-order valence-corrected chi connectivity index (χ0v) is 9.11. The van der Waals surface area contributed by atoms with Crippen molar-refractivity contribution in [3.8, 4) is 0 Å². The Morgan fingerprint density at radius 2 is 1.88 bits per heavy atom. The largest absolute Gasteiger partial charge is 0.299 e. The lowest BCUT2D eigenvalue weighted by Gasteiger charge is -2.35. The molecule has 0 spiro atoms. The Morgan fingerprint density at radius 3 is 2.75 bits per heavy atom. The van der Waals surface area contributed by atoms with Crippen LogP contribution in [0.3, 0.4) is 0 Å². The standard InChI is InChI=1S/C14H14O2/c15-10-7-13-11-4-2-1-3-9(11)5-6-12(13)14(16)8-10/h1-4,12-13H,5-8H2/t12-,13-/m0/s1. The summed E-state index contributed by atoms with van der Waals surface area (Å²) >= 11 is 0. The minimum absolute atomic E-state index is 0.104. The lowest BCUT2D eigenvalue weighted by molar-refractivity contribution is -0.134. The normalized spacial score (nSPS) is 28.5. The van der Waals surface area contributed by atoms with Crippen molar-refractivity contribution in [1.29, 1.82) is 0 Å². The molecule has 16 heavy (non-hydrogen) atoms. The van der Waals surface area contributed by atoms with E-state index in [1.165, 1.54) is 11.1 Å². The molecule has 0 aromatic heterocycles. The van der Waals surface area contributed by atoms with E-state index in [1.54, 1.807) is 0 Å². The third-order valence-corrected chi connectivity index (χ3v) is 3.90. The number of carbonyl (C=O) groups is 2. The van der Waals surface area contributed by atoms with Crippen LogP contribution in [0.15, 0.2) is 24.3 Å². The van der Waals surface area contributed by atoms with Crippen LogP contribution < -0.4 is 0 Å². The topological polar surface area (TPSA) is 34.1 Å². The summed E-state index contributed by atoms with van der Waals surface area (Å²) in [7, 11) is 0. The van der Waals surface area contributed by atoms with Gasteiger partial charge in [-0.3, -0.25) is 9.59 Å². The first-order valence-corrected chi connectivity index (χ1v) is 5.88. The van der Waals surface area contributed by atoms with E-state index >= 15 is 0 Å². The van der Waals surface area contributed by atoms with Crippen molar-refractivity contribution in [3.63, 3.8) is 0 Å². The van der Waals surface area contributed by atoms with Crippen LogP contribution in [-0.2, 0) is 16.0 Å². The summed E-state index contributed by atoms with van der Waals surface area (Å²) in [6, 6.07) is 8.24. The molecule has 0 amide bonds. The van der Waals surface area contributed by atoms with Gasteiger partial charge in [0.25, 0.3) is 0 Å². The van der Waals surface area contributed by atoms with Crippen LogP contribution in [0.25, 0.3) is 0 Å².